The second kappa shape index (κ2) is 3.77. The van der Waals surface area contributed by atoms with Crippen molar-refractivity contribution in [3.63, 3.8) is 0 Å². The Morgan fingerprint density at radius 2 is 2.64 bits per heavy atom. The normalized spacial score (nSPS) is 12.5. The zero-order chi connectivity index (χ0) is 8.27. The summed E-state index contributed by atoms with van der Waals surface area (Å²) in [6.45, 7) is 1.75. The fourth-order valence-corrected chi connectivity index (χ4v) is 0.980. The van der Waals surface area contributed by atoms with E-state index in [1.165, 1.54) is 6.20 Å². The van der Waals surface area contributed by atoms with Gasteiger partial charge >= 0.3 is 0 Å². The summed E-state index contributed by atoms with van der Waals surface area (Å²) in [4.78, 5) is 10.8. The number of carbonyl (C=O) groups is 1. The van der Waals surface area contributed by atoms with Gasteiger partial charge in [-0.05, 0) is 6.92 Å². The number of anilines is 1. The van der Waals surface area contributed by atoms with E-state index in [1.54, 1.807) is 6.92 Å². The van der Waals surface area contributed by atoms with Crippen LogP contribution in [0.1, 0.15) is 6.92 Å². The highest BCUT2D eigenvalue weighted by molar-refractivity contribution is 9.10. The van der Waals surface area contributed by atoms with Gasteiger partial charge in [-0.25, -0.2) is 0 Å². The average molecular weight is 236 g/mol. The van der Waals surface area contributed by atoms with Gasteiger partial charge in [0.2, 0.25) is 5.91 Å². The van der Waals surface area contributed by atoms with Crippen LogP contribution < -0.4 is 5.32 Å². The van der Waals surface area contributed by atoms with Gasteiger partial charge in [0.15, 0.2) is 0 Å². The van der Waals surface area contributed by atoms with Crippen molar-refractivity contribution in [2.45, 2.75) is 11.8 Å². The molecule has 6 heteroatoms. The van der Waals surface area contributed by atoms with E-state index in [2.05, 4.69) is 30.8 Å². The van der Waals surface area contributed by atoms with Crippen LogP contribution in [0.2, 0.25) is 0 Å². The molecule has 0 aromatic carbocycles. The van der Waals surface area contributed by atoms with Gasteiger partial charge in [-0.3, -0.25) is 4.79 Å². The minimum Gasteiger partial charge on any atom is -0.314 e. The molecule has 1 amide bonds. The predicted octanol–water partition coefficient (Wildman–Crippen LogP) is 1.26. The number of carbonyl (C=O) groups excluding carboxylic acids is 1. The Morgan fingerprint density at radius 3 is 3.09 bits per heavy atom. The first kappa shape index (κ1) is 8.61. The minimum atomic E-state index is -0.190. The van der Waals surface area contributed by atoms with E-state index in [9.17, 15) is 4.79 Å². The number of nitrogens with zero attached hydrogens (tertiary/aromatic N) is 2. The van der Waals surface area contributed by atoms with Gasteiger partial charge in [0.25, 0.3) is 0 Å². The molecule has 0 saturated heterocycles. The van der Waals surface area contributed by atoms with Gasteiger partial charge in [-0.2, -0.15) is 0 Å². The second-order valence-electron chi connectivity index (χ2n) is 1.89. The fraction of sp³-hybridized carbons (Fsp3) is 0.400. The first-order chi connectivity index (χ1) is 5.20. The highest BCUT2D eigenvalue weighted by atomic mass is 79.9. The molecule has 4 nitrogen and oxygen atoms in total. The van der Waals surface area contributed by atoms with Crippen molar-refractivity contribution < 1.29 is 4.79 Å². The van der Waals surface area contributed by atoms with Crippen LogP contribution in [0, 0.1) is 0 Å². The van der Waals surface area contributed by atoms with Gasteiger partial charge in [-0.15, -0.1) is 5.10 Å². The molecule has 0 radical (unpaired) electrons. The van der Waals surface area contributed by atoms with Crippen LogP contribution in [-0.2, 0) is 4.79 Å². The van der Waals surface area contributed by atoms with E-state index in [-0.39, 0.29) is 10.7 Å². The van der Waals surface area contributed by atoms with Crippen LogP contribution in [-0.4, -0.2) is 20.3 Å². The van der Waals surface area contributed by atoms with Crippen molar-refractivity contribution in [1.29, 1.82) is 0 Å². The van der Waals surface area contributed by atoms with Crippen LogP contribution in [0.3, 0.4) is 0 Å². The lowest BCUT2D eigenvalue weighted by molar-refractivity contribution is -0.115. The zero-order valence-corrected chi connectivity index (χ0v) is 8.15. The van der Waals surface area contributed by atoms with E-state index in [0.29, 0.717) is 5.00 Å². The summed E-state index contributed by atoms with van der Waals surface area (Å²) in [5.74, 6) is -0.0870. The monoisotopic (exact) mass is 235 g/mol. The van der Waals surface area contributed by atoms with Crippen molar-refractivity contribution in [2.75, 3.05) is 5.32 Å². The zero-order valence-electron chi connectivity index (χ0n) is 5.74. The molecule has 1 heterocycles. The highest BCUT2D eigenvalue weighted by Gasteiger charge is 2.08. The molecule has 0 saturated carbocycles. The average Bonchev–Trinajstić information content (AvgIpc) is 2.39. The molecule has 0 fully saturated rings. The van der Waals surface area contributed by atoms with Gasteiger partial charge in [0.1, 0.15) is 5.00 Å². The lowest BCUT2D eigenvalue weighted by Crippen LogP contribution is -2.19. The molecule has 0 aliphatic heterocycles. The van der Waals surface area contributed by atoms with Crippen molar-refractivity contribution in [3.05, 3.63) is 6.20 Å². The first-order valence-electron chi connectivity index (χ1n) is 2.92. The smallest absolute Gasteiger partial charge is 0.238 e. The van der Waals surface area contributed by atoms with E-state index in [0.717, 1.165) is 11.5 Å². The Morgan fingerprint density at radius 1 is 1.91 bits per heavy atom. The predicted molar refractivity (Wildman–Crippen MR) is 46.9 cm³/mol. The van der Waals surface area contributed by atoms with E-state index < -0.39 is 0 Å². The third kappa shape index (κ3) is 2.55. The summed E-state index contributed by atoms with van der Waals surface area (Å²) in [5.41, 5.74) is 0. The molecule has 60 valence electrons. The third-order valence-corrected chi connectivity index (χ3v) is 1.96. The maximum Gasteiger partial charge on any atom is 0.238 e. The highest BCUT2D eigenvalue weighted by Crippen LogP contribution is 2.10. The van der Waals surface area contributed by atoms with Gasteiger partial charge in [-0.1, -0.05) is 20.4 Å². The molecule has 1 N–H and O–H groups in total. The molecule has 0 aliphatic carbocycles. The molecule has 0 bridgehead atoms. The van der Waals surface area contributed by atoms with Gasteiger partial charge in [0.05, 0.1) is 11.0 Å². The Labute approximate surface area is 76.3 Å². The van der Waals surface area contributed by atoms with Crippen LogP contribution in [0.15, 0.2) is 6.20 Å². The second-order valence-corrected chi connectivity index (χ2v) is 4.05. The van der Waals surface area contributed by atoms with Crippen LogP contribution in [0.25, 0.3) is 0 Å². The number of rotatable bonds is 2. The number of nitrogens with one attached hydrogen (secondary N) is 1. The Bertz CT molecular complexity index is 236. The lowest BCUT2D eigenvalue weighted by atomic mass is 10.4. The standard InChI is InChI=1S/C5H6BrN3OS/c1-3(6)5(10)8-4-2-7-9-11-4/h2-3H,1H3,(H,8,10). The molecule has 1 atom stereocenters. The number of hydrogen-bond acceptors (Lipinski definition) is 4. The maximum atomic E-state index is 11.0. The van der Waals surface area contributed by atoms with Crippen molar-refractivity contribution in [3.8, 4) is 0 Å². The molecule has 0 spiro atoms. The first-order valence-corrected chi connectivity index (χ1v) is 4.61. The van der Waals surface area contributed by atoms with Gasteiger partial charge in [0, 0.05) is 11.5 Å². The summed E-state index contributed by atoms with van der Waals surface area (Å²) in [6.07, 6.45) is 1.51. The Balaban J connectivity index is 2.50. The van der Waals surface area contributed by atoms with Crippen molar-refractivity contribution in [2.24, 2.45) is 0 Å². The summed E-state index contributed by atoms with van der Waals surface area (Å²) in [5, 5.41) is 6.87. The van der Waals surface area contributed by atoms with E-state index in [1.807, 2.05) is 0 Å². The molecule has 1 unspecified atom stereocenters. The topological polar surface area (TPSA) is 54.9 Å². The van der Waals surface area contributed by atoms with Crippen LogP contribution in [0.5, 0.6) is 0 Å². The Hall–Kier alpha value is -0.490. The molecule has 1 aromatic heterocycles. The van der Waals surface area contributed by atoms with Crippen LogP contribution >= 0.6 is 27.5 Å². The largest absolute Gasteiger partial charge is 0.314 e. The number of halogens is 1. The number of aromatic nitrogens is 2. The fourth-order valence-electron chi connectivity index (χ4n) is 0.443. The summed E-state index contributed by atoms with van der Waals surface area (Å²) in [6, 6.07) is 0. The number of hydrogen-bond donors (Lipinski definition) is 1. The SMILES string of the molecule is CC(Br)C(=O)Nc1cnns1. The van der Waals surface area contributed by atoms with Crippen LogP contribution in [0.4, 0.5) is 5.00 Å². The van der Waals surface area contributed by atoms with E-state index >= 15 is 0 Å². The minimum absolute atomic E-state index is 0.0870. The molecular weight excluding hydrogens is 230 g/mol. The summed E-state index contributed by atoms with van der Waals surface area (Å²) in [7, 11) is 0. The number of alkyl halides is 1. The Kier molecular flexibility index (Phi) is 2.95. The van der Waals surface area contributed by atoms with E-state index in [4.69, 9.17) is 0 Å². The molecule has 0 aliphatic rings. The van der Waals surface area contributed by atoms with Crippen molar-refractivity contribution in [1.82, 2.24) is 9.59 Å². The van der Waals surface area contributed by atoms with Gasteiger partial charge < -0.3 is 5.32 Å². The molecule has 1 rings (SSSR count). The maximum absolute atomic E-state index is 11.0. The third-order valence-electron chi connectivity index (χ3n) is 0.969. The van der Waals surface area contributed by atoms with Crippen molar-refractivity contribution >= 4 is 38.4 Å². The quantitative estimate of drug-likeness (QED) is 0.786. The molecule has 11 heavy (non-hydrogen) atoms. The summed E-state index contributed by atoms with van der Waals surface area (Å²) >= 11 is 4.29. The molecular formula is C5H6BrN3OS. The lowest BCUT2D eigenvalue weighted by Gasteiger charge is -2.01. The number of amides is 1. The summed E-state index contributed by atoms with van der Waals surface area (Å²) < 4.78 is 3.60. The molecule has 1 aromatic rings.